The number of hydrogen-bond acceptors (Lipinski definition) is 4. The van der Waals surface area contributed by atoms with E-state index in [2.05, 4.69) is 5.32 Å². The Bertz CT molecular complexity index is 795. The summed E-state index contributed by atoms with van der Waals surface area (Å²) in [4.78, 5) is 38.2. The molecule has 1 fully saturated rings. The Labute approximate surface area is 145 Å². The third kappa shape index (κ3) is 3.33. The van der Waals surface area contributed by atoms with Gasteiger partial charge in [0.2, 0.25) is 17.7 Å². The first-order valence-electron chi connectivity index (χ1n) is 8.11. The molecular formula is C19H20N2O4. The molecule has 1 atom stereocenters. The molecule has 2 aromatic rings. The molecule has 0 saturated carbocycles. The second-order valence-corrected chi connectivity index (χ2v) is 6.52. The SMILES string of the molecule is Cc1ccc([C@@]2(C)CC(=O)N(CC(=O)NCc3ccco3)C2=O)cc1. The average Bonchev–Trinajstić information content (AvgIpc) is 3.17. The van der Waals surface area contributed by atoms with Crippen molar-refractivity contribution in [3.63, 3.8) is 0 Å². The van der Waals surface area contributed by atoms with Gasteiger partial charge in [-0.25, -0.2) is 0 Å². The van der Waals surface area contributed by atoms with E-state index in [0.717, 1.165) is 16.0 Å². The summed E-state index contributed by atoms with van der Waals surface area (Å²) in [5.41, 5.74) is 0.944. The van der Waals surface area contributed by atoms with E-state index >= 15 is 0 Å². The molecular weight excluding hydrogens is 320 g/mol. The fraction of sp³-hybridized carbons (Fsp3) is 0.316. The van der Waals surface area contributed by atoms with Crippen molar-refractivity contribution in [2.45, 2.75) is 32.2 Å². The van der Waals surface area contributed by atoms with Crippen LogP contribution in [-0.4, -0.2) is 29.2 Å². The van der Waals surface area contributed by atoms with Crippen LogP contribution in [0, 0.1) is 6.92 Å². The quantitative estimate of drug-likeness (QED) is 0.844. The molecule has 1 saturated heterocycles. The minimum Gasteiger partial charge on any atom is -0.467 e. The Morgan fingerprint density at radius 2 is 1.96 bits per heavy atom. The van der Waals surface area contributed by atoms with Crippen LogP contribution in [0.4, 0.5) is 0 Å². The fourth-order valence-electron chi connectivity index (χ4n) is 2.99. The monoisotopic (exact) mass is 340 g/mol. The third-order valence-electron chi connectivity index (χ3n) is 4.55. The highest BCUT2D eigenvalue weighted by molar-refractivity contribution is 6.10. The Morgan fingerprint density at radius 3 is 2.60 bits per heavy atom. The molecule has 1 aliphatic rings. The maximum atomic E-state index is 12.8. The number of nitrogens with zero attached hydrogens (tertiary/aromatic N) is 1. The highest BCUT2D eigenvalue weighted by Gasteiger charge is 2.49. The lowest BCUT2D eigenvalue weighted by atomic mass is 9.81. The molecule has 130 valence electrons. The van der Waals surface area contributed by atoms with Crippen molar-refractivity contribution in [1.82, 2.24) is 10.2 Å². The van der Waals surface area contributed by atoms with Crippen molar-refractivity contribution in [2.24, 2.45) is 0 Å². The predicted molar refractivity (Wildman–Crippen MR) is 90.4 cm³/mol. The van der Waals surface area contributed by atoms with E-state index in [-0.39, 0.29) is 31.3 Å². The van der Waals surface area contributed by atoms with Crippen LogP contribution >= 0.6 is 0 Å². The molecule has 1 aliphatic heterocycles. The zero-order valence-corrected chi connectivity index (χ0v) is 14.2. The molecule has 0 unspecified atom stereocenters. The number of likely N-dealkylation sites (tertiary alicyclic amines) is 1. The highest BCUT2D eigenvalue weighted by atomic mass is 16.3. The lowest BCUT2D eigenvalue weighted by molar-refractivity contribution is -0.143. The molecule has 2 heterocycles. The van der Waals surface area contributed by atoms with Crippen LogP contribution in [0.25, 0.3) is 0 Å². The summed E-state index contributed by atoms with van der Waals surface area (Å²) in [6.45, 7) is 3.65. The third-order valence-corrected chi connectivity index (χ3v) is 4.55. The van der Waals surface area contributed by atoms with Crippen LogP contribution in [0.2, 0.25) is 0 Å². The second kappa shape index (κ2) is 6.55. The van der Waals surface area contributed by atoms with Crippen LogP contribution in [0.1, 0.15) is 30.2 Å². The minimum atomic E-state index is -0.925. The predicted octanol–water partition coefficient (Wildman–Crippen LogP) is 1.92. The van der Waals surface area contributed by atoms with E-state index in [1.807, 2.05) is 31.2 Å². The number of amides is 3. The molecule has 0 aliphatic carbocycles. The molecule has 1 aromatic carbocycles. The van der Waals surface area contributed by atoms with Crippen LogP contribution in [0.5, 0.6) is 0 Å². The second-order valence-electron chi connectivity index (χ2n) is 6.52. The maximum Gasteiger partial charge on any atom is 0.240 e. The molecule has 6 nitrogen and oxygen atoms in total. The Hall–Kier alpha value is -2.89. The van der Waals surface area contributed by atoms with Crippen LogP contribution in [0.15, 0.2) is 47.1 Å². The highest BCUT2D eigenvalue weighted by Crippen LogP contribution is 2.36. The smallest absolute Gasteiger partial charge is 0.240 e. The molecule has 0 bridgehead atoms. The molecule has 0 radical (unpaired) electrons. The van der Waals surface area contributed by atoms with Crippen molar-refractivity contribution in [3.05, 3.63) is 59.5 Å². The van der Waals surface area contributed by atoms with Gasteiger partial charge in [0, 0.05) is 6.42 Å². The van der Waals surface area contributed by atoms with Gasteiger partial charge in [-0.3, -0.25) is 19.3 Å². The van der Waals surface area contributed by atoms with E-state index in [1.54, 1.807) is 19.1 Å². The number of carbonyl (C=O) groups excluding carboxylic acids is 3. The van der Waals surface area contributed by atoms with Gasteiger partial charge in [0.1, 0.15) is 12.3 Å². The van der Waals surface area contributed by atoms with Gasteiger partial charge in [-0.15, -0.1) is 0 Å². The zero-order valence-electron chi connectivity index (χ0n) is 14.2. The average molecular weight is 340 g/mol. The summed E-state index contributed by atoms with van der Waals surface area (Å²) in [5.74, 6) is -0.459. The van der Waals surface area contributed by atoms with Crippen LogP contribution in [-0.2, 0) is 26.3 Å². The van der Waals surface area contributed by atoms with Crippen LogP contribution < -0.4 is 5.32 Å². The molecule has 3 rings (SSSR count). The molecule has 1 aromatic heterocycles. The van der Waals surface area contributed by atoms with E-state index in [0.29, 0.717) is 5.76 Å². The number of imide groups is 1. The molecule has 6 heteroatoms. The van der Waals surface area contributed by atoms with Crippen molar-refractivity contribution in [2.75, 3.05) is 6.54 Å². The Balaban J connectivity index is 1.68. The summed E-state index contributed by atoms with van der Waals surface area (Å²) in [6.07, 6.45) is 1.59. The van der Waals surface area contributed by atoms with E-state index in [4.69, 9.17) is 4.42 Å². The van der Waals surface area contributed by atoms with Crippen LogP contribution in [0.3, 0.4) is 0 Å². The Kier molecular flexibility index (Phi) is 4.44. The Morgan fingerprint density at radius 1 is 1.24 bits per heavy atom. The summed E-state index contributed by atoms with van der Waals surface area (Å²) >= 11 is 0. The minimum absolute atomic E-state index is 0.0698. The van der Waals surface area contributed by atoms with Gasteiger partial charge in [0.05, 0.1) is 18.2 Å². The van der Waals surface area contributed by atoms with Crippen molar-refractivity contribution < 1.29 is 18.8 Å². The first kappa shape index (κ1) is 17.0. The summed E-state index contributed by atoms with van der Waals surface area (Å²) in [7, 11) is 0. The number of benzene rings is 1. The standard InChI is InChI=1S/C19H20N2O4/c1-13-5-7-14(8-6-13)19(2)10-17(23)21(18(19)24)12-16(22)20-11-15-4-3-9-25-15/h3-9H,10-12H2,1-2H3,(H,20,22)/t19-/m1/s1. The number of nitrogens with one attached hydrogen (secondary N) is 1. The largest absolute Gasteiger partial charge is 0.467 e. The van der Waals surface area contributed by atoms with Gasteiger partial charge < -0.3 is 9.73 Å². The van der Waals surface area contributed by atoms with Crippen molar-refractivity contribution in [1.29, 1.82) is 0 Å². The first-order chi connectivity index (χ1) is 11.9. The molecule has 3 amide bonds. The van der Waals surface area contributed by atoms with Gasteiger partial charge in [0.25, 0.3) is 0 Å². The number of furan rings is 1. The first-order valence-corrected chi connectivity index (χ1v) is 8.11. The van der Waals surface area contributed by atoms with E-state index in [9.17, 15) is 14.4 Å². The van der Waals surface area contributed by atoms with E-state index < -0.39 is 11.3 Å². The topological polar surface area (TPSA) is 79.6 Å². The fourth-order valence-corrected chi connectivity index (χ4v) is 2.99. The van der Waals surface area contributed by atoms with Crippen molar-refractivity contribution in [3.8, 4) is 0 Å². The number of carbonyl (C=O) groups is 3. The van der Waals surface area contributed by atoms with Gasteiger partial charge >= 0.3 is 0 Å². The normalized spacial score (nSPS) is 20.2. The lowest BCUT2D eigenvalue weighted by Crippen LogP contribution is -2.42. The molecule has 25 heavy (non-hydrogen) atoms. The number of hydrogen-bond donors (Lipinski definition) is 1. The molecule has 1 N–H and O–H groups in total. The lowest BCUT2D eigenvalue weighted by Gasteiger charge is -2.22. The zero-order chi connectivity index (χ0) is 18.0. The number of rotatable bonds is 5. The van der Waals surface area contributed by atoms with E-state index in [1.165, 1.54) is 6.26 Å². The maximum absolute atomic E-state index is 12.8. The van der Waals surface area contributed by atoms with Gasteiger partial charge in [-0.1, -0.05) is 29.8 Å². The van der Waals surface area contributed by atoms with Gasteiger partial charge in [-0.05, 0) is 31.5 Å². The molecule has 0 spiro atoms. The summed E-state index contributed by atoms with van der Waals surface area (Å²) in [5, 5.41) is 2.65. The summed E-state index contributed by atoms with van der Waals surface area (Å²) in [6, 6.07) is 11.0. The van der Waals surface area contributed by atoms with Gasteiger partial charge in [0.15, 0.2) is 0 Å². The number of aryl methyl sites for hydroxylation is 1. The van der Waals surface area contributed by atoms with Gasteiger partial charge in [-0.2, -0.15) is 0 Å². The van der Waals surface area contributed by atoms with Crippen molar-refractivity contribution >= 4 is 17.7 Å². The summed E-state index contributed by atoms with van der Waals surface area (Å²) < 4.78 is 5.13.